The van der Waals surface area contributed by atoms with Crippen LogP contribution in [-0.4, -0.2) is 8.42 Å². The molecule has 2 aromatic rings. The molecule has 0 saturated heterocycles. The molecule has 2 aromatic carbocycles. The molecule has 0 spiro atoms. The van der Waals surface area contributed by atoms with E-state index in [1.165, 1.54) is 12.1 Å². The van der Waals surface area contributed by atoms with Gasteiger partial charge in [0.1, 0.15) is 10.7 Å². The van der Waals surface area contributed by atoms with Crippen LogP contribution < -0.4 is 10.5 Å². The minimum absolute atomic E-state index is 0.137. The number of hydrogen-bond donors (Lipinski definition) is 2. The lowest BCUT2D eigenvalue weighted by molar-refractivity contribution is 0.569. The van der Waals surface area contributed by atoms with Crippen molar-refractivity contribution in [1.82, 2.24) is 0 Å². The van der Waals surface area contributed by atoms with Crippen molar-refractivity contribution < 1.29 is 12.8 Å². The zero-order chi connectivity index (χ0) is 14.8. The molecule has 0 amide bonds. The van der Waals surface area contributed by atoms with E-state index in [0.717, 1.165) is 6.07 Å². The van der Waals surface area contributed by atoms with Crippen LogP contribution in [0.1, 0.15) is 5.56 Å². The van der Waals surface area contributed by atoms with E-state index in [9.17, 15) is 12.8 Å². The summed E-state index contributed by atoms with van der Waals surface area (Å²) in [5.41, 5.74) is 6.32. The van der Waals surface area contributed by atoms with E-state index in [2.05, 4.69) is 20.7 Å². The molecular formula is C13H12BrFN2O2S. The summed E-state index contributed by atoms with van der Waals surface area (Å²) in [6.07, 6.45) is 0. The third kappa shape index (κ3) is 3.17. The normalized spacial score (nSPS) is 11.3. The first kappa shape index (κ1) is 15.0. The summed E-state index contributed by atoms with van der Waals surface area (Å²) in [6.45, 7) is 0.137. The van der Waals surface area contributed by atoms with Gasteiger partial charge in [0.2, 0.25) is 0 Å². The summed E-state index contributed by atoms with van der Waals surface area (Å²) in [5, 5.41) is 0. The van der Waals surface area contributed by atoms with E-state index >= 15 is 0 Å². The Balaban J connectivity index is 2.43. The summed E-state index contributed by atoms with van der Waals surface area (Å²) in [7, 11) is -4.01. The first-order valence-electron chi connectivity index (χ1n) is 5.70. The largest absolute Gasteiger partial charge is 0.326 e. The number of benzene rings is 2. The van der Waals surface area contributed by atoms with Crippen LogP contribution in [0.4, 0.5) is 10.1 Å². The Labute approximate surface area is 125 Å². The van der Waals surface area contributed by atoms with Gasteiger partial charge in [-0.3, -0.25) is 4.72 Å². The second-order valence-electron chi connectivity index (χ2n) is 4.05. The molecule has 0 aliphatic rings. The maximum absolute atomic E-state index is 13.7. The van der Waals surface area contributed by atoms with Gasteiger partial charge in [0.15, 0.2) is 0 Å². The van der Waals surface area contributed by atoms with Crippen LogP contribution in [0.15, 0.2) is 51.8 Å². The zero-order valence-electron chi connectivity index (χ0n) is 10.3. The van der Waals surface area contributed by atoms with E-state index in [-0.39, 0.29) is 6.54 Å². The number of hydrogen-bond acceptors (Lipinski definition) is 3. The molecule has 4 nitrogen and oxygen atoms in total. The minimum atomic E-state index is -4.01. The van der Waals surface area contributed by atoms with Gasteiger partial charge in [-0.05, 0) is 45.8 Å². The fourth-order valence-electron chi connectivity index (χ4n) is 1.62. The highest BCUT2D eigenvalue weighted by Gasteiger charge is 2.20. The van der Waals surface area contributed by atoms with Gasteiger partial charge in [-0.2, -0.15) is 0 Å². The lowest BCUT2D eigenvalue weighted by atomic mass is 10.2. The fourth-order valence-corrected chi connectivity index (χ4v) is 3.35. The second-order valence-corrected chi connectivity index (χ2v) is 6.56. The van der Waals surface area contributed by atoms with Gasteiger partial charge in [0, 0.05) is 11.0 Å². The van der Waals surface area contributed by atoms with Crippen LogP contribution >= 0.6 is 15.9 Å². The van der Waals surface area contributed by atoms with Crippen LogP contribution in [0.3, 0.4) is 0 Å². The molecule has 106 valence electrons. The summed E-state index contributed by atoms with van der Waals surface area (Å²) < 4.78 is 41.1. The molecule has 0 fully saturated rings. The number of nitrogens with one attached hydrogen (secondary N) is 1. The van der Waals surface area contributed by atoms with Gasteiger partial charge in [-0.25, -0.2) is 12.8 Å². The van der Waals surface area contributed by atoms with Crippen LogP contribution in [0.25, 0.3) is 0 Å². The van der Waals surface area contributed by atoms with Crippen LogP contribution in [0, 0.1) is 5.82 Å². The molecule has 20 heavy (non-hydrogen) atoms. The van der Waals surface area contributed by atoms with Crippen molar-refractivity contribution in [3.05, 3.63) is 58.3 Å². The molecular weight excluding hydrogens is 347 g/mol. The van der Waals surface area contributed by atoms with Gasteiger partial charge < -0.3 is 5.73 Å². The predicted molar refractivity (Wildman–Crippen MR) is 79.2 cm³/mol. The number of halogens is 2. The monoisotopic (exact) mass is 358 g/mol. The molecule has 7 heteroatoms. The van der Waals surface area contributed by atoms with Gasteiger partial charge >= 0.3 is 0 Å². The Kier molecular flexibility index (Phi) is 4.42. The van der Waals surface area contributed by atoms with E-state index in [0.29, 0.717) is 15.7 Å². The van der Waals surface area contributed by atoms with Crippen LogP contribution in [0.2, 0.25) is 0 Å². The molecule has 0 saturated carbocycles. The molecule has 2 rings (SSSR count). The van der Waals surface area contributed by atoms with Crippen molar-refractivity contribution in [1.29, 1.82) is 0 Å². The molecule has 3 N–H and O–H groups in total. The Hall–Kier alpha value is -1.44. The predicted octanol–water partition coefficient (Wildman–Crippen LogP) is 2.85. The average Bonchev–Trinajstić information content (AvgIpc) is 2.41. The molecule has 0 unspecified atom stereocenters. The number of para-hydroxylation sites is 1. The van der Waals surface area contributed by atoms with E-state index in [1.807, 2.05) is 0 Å². The van der Waals surface area contributed by atoms with Crippen molar-refractivity contribution in [2.45, 2.75) is 11.4 Å². The summed E-state index contributed by atoms with van der Waals surface area (Å²) in [5.74, 6) is -0.818. The standard InChI is InChI=1S/C13H12BrFN2O2S/c14-10-3-1-2-4-12(10)17-20(18,19)13-7-9(8-16)5-6-11(13)15/h1-7,17H,8,16H2. The Bertz CT molecular complexity index is 735. The van der Waals surface area contributed by atoms with Crippen molar-refractivity contribution in [3.8, 4) is 0 Å². The minimum Gasteiger partial charge on any atom is -0.326 e. The smallest absolute Gasteiger partial charge is 0.264 e. The van der Waals surface area contributed by atoms with Crippen LogP contribution in [0.5, 0.6) is 0 Å². The van der Waals surface area contributed by atoms with E-state index < -0.39 is 20.7 Å². The van der Waals surface area contributed by atoms with Crippen molar-refractivity contribution in [2.24, 2.45) is 5.73 Å². The lowest BCUT2D eigenvalue weighted by Crippen LogP contribution is -2.15. The Morgan fingerprint density at radius 3 is 2.55 bits per heavy atom. The van der Waals surface area contributed by atoms with Crippen molar-refractivity contribution in [3.63, 3.8) is 0 Å². The van der Waals surface area contributed by atoms with Gasteiger partial charge in [-0.15, -0.1) is 0 Å². The molecule has 0 radical (unpaired) electrons. The fraction of sp³-hybridized carbons (Fsp3) is 0.0769. The number of nitrogens with two attached hydrogens (primary N) is 1. The summed E-state index contributed by atoms with van der Waals surface area (Å²) >= 11 is 3.23. The number of anilines is 1. The first-order valence-corrected chi connectivity index (χ1v) is 7.97. The first-order chi connectivity index (χ1) is 9.44. The lowest BCUT2D eigenvalue weighted by Gasteiger charge is -2.11. The van der Waals surface area contributed by atoms with Crippen LogP contribution in [-0.2, 0) is 16.6 Å². The number of rotatable bonds is 4. The topological polar surface area (TPSA) is 72.2 Å². The maximum Gasteiger partial charge on any atom is 0.264 e. The Morgan fingerprint density at radius 1 is 1.20 bits per heavy atom. The number of sulfonamides is 1. The van der Waals surface area contributed by atoms with E-state index in [4.69, 9.17) is 5.73 Å². The second kappa shape index (κ2) is 5.90. The molecule has 0 heterocycles. The highest BCUT2D eigenvalue weighted by molar-refractivity contribution is 9.10. The highest BCUT2D eigenvalue weighted by Crippen LogP contribution is 2.25. The molecule has 0 aliphatic heterocycles. The highest BCUT2D eigenvalue weighted by atomic mass is 79.9. The van der Waals surface area contributed by atoms with Crippen molar-refractivity contribution >= 4 is 31.6 Å². The third-order valence-electron chi connectivity index (χ3n) is 2.64. The molecule has 0 aliphatic carbocycles. The van der Waals surface area contributed by atoms with Gasteiger partial charge in [-0.1, -0.05) is 18.2 Å². The third-order valence-corrected chi connectivity index (χ3v) is 4.71. The average molecular weight is 359 g/mol. The molecule has 0 atom stereocenters. The molecule has 0 bridgehead atoms. The SMILES string of the molecule is NCc1ccc(F)c(S(=O)(=O)Nc2ccccc2Br)c1. The van der Waals surface area contributed by atoms with E-state index in [1.54, 1.807) is 24.3 Å². The van der Waals surface area contributed by atoms with Gasteiger partial charge in [0.05, 0.1) is 5.69 Å². The molecule has 0 aromatic heterocycles. The van der Waals surface area contributed by atoms with Crippen molar-refractivity contribution in [2.75, 3.05) is 4.72 Å². The van der Waals surface area contributed by atoms with Gasteiger partial charge in [0.25, 0.3) is 10.0 Å². The maximum atomic E-state index is 13.7. The zero-order valence-corrected chi connectivity index (χ0v) is 12.7. The summed E-state index contributed by atoms with van der Waals surface area (Å²) in [6, 6.07) is 10.5. The Morgan fingerprint density at radius 2 is 1.90 bits per heavy atom. The quantitative estimate of drug-likeness (QED) is 0.882. The summed E-state index contributed by atoms with van der Waals surface area (Å²) in [4.78, 5) is -0.420.